The van der Waals surface area contributed by atoms with Crippen molar-refractivity contribution in [2.24, 2.45) is 0 Å². The van der Waals surface area contributed by atoms with Crippen LogP contribution in [0.1, 0.15) is 31.2 Å². The minimum absolute atomic E-state index is 0.599. The molecule has 0 amide bonds. The number of hydrogen-bond donors (Lipinski definition) is 0. The van der Waals surface area contributed by atoms with Crippen molar-refractivity contribution in [1.82, 2.24) is 19.5 Å². The van der Waals surface area contributed by atoms with Crippen molar-refractivity contribution in [3.8, 4) is 28.7 Å². The predicted molar refractivity (Wildman–Crippen MR) is 186 cm³/mol. The van der Waals surface area contributed by atoms with Crippen LogP contribution in [0.4, 0.5) is 11.4 Å². The third kappa shape index (κ3) is 4.96. The van der Waals surface area contributed by atoms with Crippen LogP contribution in [0.3, 0.4) is 0 Å². The first kappa shape index (κ1) is 27.0. The maximum absolute atomic E-state index is 5.12. The van der Waals surface area contributed by atoms with Crippen LogP contribution in [0.2, 0.25) is 0 Å². The molecule has 45 heavy (non-hydrogen) atoms. The van der Waals surface area contributed by atoms with Gasteiger partial charge >= 0.3 is 0 Å². The van der Waals surface area contributed by atoms with Gasteiger partial charge in [-0.3, -0.25) is 4.57 Å². The zero-order valence-electron chi connectivity index (χ0n) is 25.1. The predicted octanol–water partition coefficient (Wildman–Crippen LogP) is 10.0. The lowest BCUT2D eigenvalue weighted by atomic mass is 9.98. The van der Waals surface area contributed by atoms with Crippen molar-refractivity contribution in [3.05, 3.63) is 140 Å². The monoisotopic (exact) mass is 583 g/mol. The SMILES string of the molecule is C=C1CCCCCN(c2ccccc2)c2cc3c4ccccc4n(-c4nc(-c5ccccc5)nc(-c5ccccc5)n4)c3cc21. The molecule has 8 rings (SSSR count). The second-order valence-corrected chi connectivity index (χ2v) is 11.7. The van der Waals surface area contributed by atoms with Crippen molar-refractivity contribution in [2.75, 3.05) is 11.4 Å². The fourth-order valence-electron chi connectivity index (χ4n) is 6.54. The highest BCUT2D eigenvalue weighted by Gasteiger charge is 2.23. The van der Waals surface area contributed by atoms with Crippen LogP contribution in [-0.2, 0) is 0 Å². The van der Waals surface area contributed by atoms with E-state index in [4.69, 9.17) is 15.0 Å². The van der Waals surface area contributed by atoms with Gasteiger partial charge in [0.2, 0.25) is 5.95 Å². The van der Waals surface area contributed by atoms with Crippen molar-refractivity contribution in [1.29, 1.82) is 0 Å². The van der Waals surface area contributed by atoms with Crippen LogP contribution >= 0.6 is 0 Å². The van der Waals surface area contributed by atoms with Crippen molar-refractivity contribution in [2.45, 2.75) is 25.7 Å². The molecule has 3 heterocycles. The third-order valence-electron chi connectivity index (χ3n) is 8.78. The van der Waals surface area contributed by atoms with E-state index in [0.717, 1.165) is 58.9 Å². The van der Waals surface area contributed by atoms with Gasteiger partial charge in [0, 0.05) is 45.4 Å². The number of nitrogens with zero attached hydrogens (tertiary/aromatic N) is 5. The second kappa shape index (κ2) is 11.5. The summed E-state index contributed by atoms with van der Waals surface area (Å²) in [6, 6.07) is 44.3. The van der Waals surface area contributed by atoms with Gasteiger partial charge in [0.25, 0.3) is 0 Å². The summed E-state index contributed by atoms with van der Waals surface area (Å²) in [4.78, 5) is 17.7. The summed E-state index contributed by atoms with van der Waals surface area (Å²) in [6.07, 6.45) is 4.43. The largest absolute Gasteiger partial charge is 0.341 e. The van der Waals surface area contributed by atoms with Crippen molar-refractivity contribution < 1.29 is 0 Å². The van der Waals surface area contributed by atoms with Crippen LogP contribution in [0.5, 0.6) is 0 Å². The van der Waals surface area contributed by atoms with Gasteiger partial charge in [0.05, 0.1) is 11.0 Å². The van der Waals surface area contributed by atoms with E-state index < -0.39 is 0 Å². The number of allylic oxidation sites excluding steroid dienone is 1. The molecule has 0 spiro atoms. The molecule has 218 valence electrons. The molecule has 0 atom stereocenters. The number of hydrogen-bond acceptors (Lipinski definition) is 4. The zero-order chi connectivity index (χ0) is 30.2. The van der Waals surface area contributed by atoms with Crippen LogP contribution < -0.4 is 4.90 Å². The lowest BCUT2D eigenvalue weighted by molar-refractivity contribution is 0.698. The fourth-order valence-corrected chi connectivity index (χ4v) is 6.54. The molecule has 1 aliphatic heterocycles. The smallest absolute Gasteiger partial charge is 0.238 e. The molecule has 0 N–H and O–H groups in total. The van der Waals surface area contributed by atoms with Crippen molar-refractivity contribution >= 4 is 38.8 Å². The summed E-state index contributed by atoms with van der Waals surface area (Å²) in [6.45, 7) is 5.58. The van der Waals surface area contributed by atoms with Crippen LogP contribution in [0, 0.1) is 0 Å². The van der Waals surface area contributed by atoms with Crippen LogP contribution in [-0.4, -0.2) is 26.1 Å². The number of fused-ring (bicyclic) bond motifs is 4. The number of anilines is 2. The summed E-state index contributed by atoms with van der Waals surface area (Å²) in [5.41, 5.74) is 8.77. The molecule has 0 radical (unpaired) electrons. The van der Waals surface area contributed by atoms with Gasteiger partial charge in [0.1, 0.15) is 0 Å². The average molecular weight is 584 g/mol. The first-order valence-electron chi connectivity index (χ1n) is 15.7. The van der Waals surface area contributed by atoms with Gasteiger partial charge in [-0.2, -0.15) is 9.97 Å². The van der Waals surface area contributed by atoms with E-state index >= 15 is 0 Å². The average Bonchev–Trinajstić information content (AvgIpc) is 3.46. The van der Waals surface area contributed by atoms with Crippen molar-refractivity contribution in [3.63, 3.8) is 0 Å². The molecule has 2 aromatic heterocycles. The fraction of sp³-hybridized carbons (Fsp3) is 0.125. The maximum atomic E-state index is 5.12. The Hall–Kier alpha value is -5.55. The Morgan fingerprint density at radius 3 is 1.87 bits per heavy atom. The molecule has 5 heteroatoms. The summed E-state index contributed by atoms with van der Waals surface area (Å²) < 4.78 is 2.21. The Labute approximate surface area is 263 Å². The van der Waals surface area contributed by atoms with E-state index in [1.54, 1.807) is 0 Å². The summed E-state index contributed by atoms with van der Waals surface area (Å²) >= 11 is 0. The van der Waals surface area contributed by atoms with Gasteiger partial charge in [-0.05, 0) is 55.2 Å². The maximum Gasteiger partial charge on any atom is 0.238 e. The minimum Gasteiger partial charge on any atom is -0.341 e. The van der Waals surface area contributed by atoms with Gasteiger partial charge in [0.15, 0.2) is 11.6 Å². The normalized spacial score (nSPS) is 13.8. The number of para-hydroxylation sites is 2. The molecule has 0 aliphatic carbocycles. The summed E-state index contributed by atoms with van der Waals surface area (Å²) in [7, 11) is 0. The number of rotatable bonds is 4. The lowest BCUT2D eigenvalue weighted by Gasteiger charge is -2.27. The van der Waals surface area contributed by atoms with Gasteiger partial charge in [-0.25, -0.2) is 4.98 Å². The van der Waals surface area contributed by atoms with E-state index in [1.165, 1.54) is 28.7 Å². The zero-order valence-corrected chi connectivity index (χ0v) is 25.1. The van der Waals surface area contributed by atoms with Crippen LogP contribution in [0.25, 0.3) is 56.1 Å². The van der Waals surface area contributed by atoms with E-state index in [2.05, 4.69) is 82.8 Å². The molecule has 0 saturated heterocycles. The quantitative estimate of drug-likeness (QED) is 0.207. The third-order valence-corrected chi connectivity index (χ3v) is 8.78. The van der Waals surface area contributed by atoms with E-state index in [9.17, 15) is 0 Å². The first-order chi connectivity index (χ1) is 22.2. The molecule has 0 fully saturated rings. The molecule has 0 saturated carbocycles. The topological polar surface area (TPSA) is 46.8 Å². The van der Waals surface area contributed by atoms with E-state index in [-0.39, 0.29) is 0 Å². The van der Waals surface area contributed by atoms with E-state index in [1.807, 2.05) is 60.7 Å². The lowest BCUT2D eigenvalue weighted by Crippen LogP contribution is -2.19. The van der Waals surface area contributed by atoms with Gasteiger partial charge in [-0.15, -0.1) is 0 Å². The summed E-state index contributed by atoms with van der Waals surface area (Å²) in [5, 5.41) is 2.33. The molecular weight excluding hydrogens is 550 g/mol. The first-order valence-corrected chi connectivity index (χ1v) is 15.7. The standard InChI is InChI=1S/C40H33N5/c1-28-16-6-5-15-25-44(31-21-11-4-12-22-31)36-27-34-32-23-13-14-24-35(32)45(37(34)26-33(28)36)40-42-38(29-17-7-2-8-18-29)41-39(43-40)30-19-9-3-10-20-30/h2-4,7-14,17-24,26-27H,1,5-6,15-16,25H2. The Morgan fingerprint density at radius 1 is 0.556 bits per heavy atom. The Balaban J connectivity index is 1.43. The minimum atomic E-state index is 0.599. The molecular formula is C40H33N5. The molecule has 5 aromatic carbocycles. The Bertz CT molecular complexity index is 2090. The molecule has 1 aliphatic rings. The van der Waals surface area contributed by atoms with Gasteiger partial charge in [-0.1, -0.05) is 110 Å². The molecule has 7 aromatic rings. The highest BCUT2D eigenvalue weighted by molar-refractivity contribution is 6.11. The van der Waals surface area contributed by atoms with Crippen LogP contribution in [0.15, 0.2) is 134 Å². The molecule has 5 nitrogen and oxygen atoms in total. The summed E-state index contributed by atoms with van der Waals surface area (Å²) in [5.74, 6) is 1.89. The number of aromatic nitrogens is 4. The number of benzene rings is 5. The second-order valence-electron chi connectivity index (χ2n) is 11.7. The highest BCUT2D eigenvalue weighted by Crippen LogP contribution is 2.42. The van der Waals surface area contributed by atoms with Gasteiger partial charge < -0.3 is 4.90 Å². The highest BCUT2D eigenvalue weighted by atomic mass is 15.2. The van der Waals surface area contributed by atoms with E-state index in [0.29, 0.717) is 17.6 Å². The Kier molecular flexibility index (Phi) is 6.91. The molecule has 0 unspecified atom stereocenters. The molecule has 0 bridgehead atoms. The Morgan fingerprint density at radius 2 is 1.18 bits per heavy atom.